The molecule has 1 saturated heterocycles. The Hall–Kier alpha value is -1.18. The van der Waals surface area contributed by atoms with Crippen LogP contribution in [0.1, 0.15) is 50.0 Å². The van der Waals surface area contributed by atoms with Gasteiger partial charge in [0.15, 0.2) is 0 Å². The maximum absolute atomic E-state index is 14.4. The Morgan fingerprint density at radius 2 is 1.97 bits per heavy atom. The van der Waals surface area contributed by atoms with Crippen LogP contribution in [0.15, 0.2) is 52.3 Å². The van der Waals surface area contributed by atoms with Gasteiger partial charge in [0.2, 0.25) is 0 Å². The maximum Gasteiger partial charge on any atom is 0.138 e. The first kappa shape index (κ1) is 24.9. The zero-order valence-electron chi connectivity index (χ0n) is 19.0. The van der Waals surface area contributed by atoms with Gasteiger partial charge in [-0.05, 0) is 43.0 Å². The SMILES string of the molecule is OC1(C(CN2CCNCC2)c2ccc(OCC3=C(F)C=C(Br)C=CC3)c(Cl)c2)CCCCC1. The molecule has 0 amide bonds. The van der Waals surface area contributed by atoms with Gasteiger partial charge in [-0.3, -0.25) is 0 Å². The van der Waals surface area contributed by atoms with Crippen LogP contribution in [0.4, 0.5) is 4.39 Å². The van der Waals surface area contributed by atoms with Crippen LogP contribution in [0.2, 0.25) is 5.02 Å². The van der Waals surface area contributed by atoms with Gasteiger partial charge < -0.3 is 20.1 Å². The Labute approximate surface area is 209 Å². The lowest BCUT2D eigenvalue weighted by Crippen LogP contribution is -2.49. The summed E-state index contributed by atoms with van der Waals surface area (Å²) >= 11 is 9.96. The first-order chi connectivity index (χ1) is 15.9. The molecule has 4 nitrogen and oxygen atoms in total. The molecule has 0 radical (unpaired) electrons. The minimum atomic E-state index is -0.713. The summed E-state index contributed by atoms with van der Waals surface area (Å²) in [5.74, 6) is 0.251. The third-order valence-corrected chi connectivity index (χ3v) is 7.81. The van der Waals surface area contributed by atoms with Gasteiger partial charge in [0.25, 0.3) is 0 Å². The normalized spacial score (nSPS) is 22.6. The summed E-state index contributed by atoms with van der Waals surface area (Å²) in [4.78, 5) is 2.44. The van der Waals surface area contributed by atoms with Crippen LogP contribution in [0.25, 0.3) is 0 Å². The van der Waals surface area contributed by atoms with Crippen molar-refractivity contribution in [3.63, 3.8) is 0 Å². The number of benzene rings is 1. The summed E-state index contributed by atoms with van der Waals surface area (Å²) in [6, 6.07) is 5.82. The molecular weight excluding hydrogens is 507 g/mol. The summed E-state index contributed by atoms with van der Waals surface area (Å²) < 4.78 is 21.0. The van der Waals surface area contributed by atoms with Gasteiger partial charge in [0.05, 0.1) is 10.6 Å². The second-order valence-corrected chi connectivity index (χ2v) is 10.7. The van der Waals surface area contributed by atoms with Gasteiger partial charge >= 0.3 is 0 Å². The number of allylic oxidation sites excluding steroid dienone is 5. The third kappa shape index (κ3) is 6.49. The zero-order chi connectivity index (χ0) is 23.3. The quantitative estimate of drug-likeness (QED) is 0.455. The largest absolute Gasteiger partial charge is 0.488 e. The first-order valence-electron chi connectivity index (χ1n) is 11.9. The fraction of sp³-hybridized carbons (Fsp3) is 0.538. The molecule has 2 aliphatic carbocycles. The van der Waals surface area contributed by atoms with Gasteiger partial charge in [-0.15, -0.1) is 0 Å². The van der Waals surface area contributed by atoms with Gasteiger partial charge in [-0.25, -0.2) is 4.39 Å². The van der Waals surface area contributed by atoms with E-state index < -0.39 is 5.60 Å². The van der Waals surface area contributed by atoms with Crippen LogP contribution in [-0.2, 0) is 0 Å². The minimum Gasteiger partial charge on any atom is -0.488 e. The number of rotatable bonds is 7. The molecule has 3 aliphatic rings. The van der Waals surface area contributed by atoms with E-state index in [2.05, 4.69) is 26.1 Å². The lowest BCUT2D eigenvalue weighted by atomic mass is 9.72. The van der Waals surface area contributed by atoms with Crippen LogP contribution >= 0.6 is 27.5 Å². The average Bonchev–Trinajstić information content (AvgIpc) is 2.97. The summed E-state index contributed by atoms with van der Waals surface area (Å²) in [6.45, 7) is 4.89. The molecule has 4 rings (SSSR count). The average molecular weight is 540 g/mol. The number of ether oxygens (including phenoxy) is 1. The summed E-state index contributed by atoms with van der Waals surface area (Å²) in [6.07, 6.45) is 10.6. The topological polar surface area (TPSA) is 44.7 Å². The highest BCUT2D eigenvalue weighted by atomic mass is 79.9. The standard InChI is InChI=1S/C26H33BrClFN2O2/c27-21-6-4-5-20(24(29)16-21)18-33-25-8-7-19(15-23(25)28)22(17-31-13-11-30-12-14-31)26(32)9-2-1-3-10-26/h4,6-8,15-16,22,30,32H,1-3,5,9-14,17-18H2. The third-order valence-electron chi connectivity index (χ3n) is 7.02. The van der Waals surface area contributed by atoms with Crippen molar-refractivity contribution in [1.29, 1.82) is 0 Å². The molecule has 1 aliphatic heterocycles. The van der Waals surface area contributed by atoms with Crippen molar-refractivity contribution in [1.82, 2.24) is 10.2 Å². The van der Waals surface area contributed by atoms with Crippen LogP contribution < -0.4 is 10.1 Å². The Bertz CT molecular complexity index is 921. The lowest BCUT2D eigenvalue weighted by Gasteiger charge is -2.42. The molecule has 2 N–H and O–H groups in total. The molecule has 1 saturated carbocycles. The predicted molar refractivity (Wildman–Crippen MR) is 136 cm³/mol. The number of halogens is 3. The molecule has 33 heavy (non-hydrogen) atoms. The van der Waals surface area contributed by atoms with E-state index in [9.17, 15) is 9.50 Å². The van der Waals surface area contributed by atoms with E-state index >= 15 is 0 Å². The molecule has 1 unspecified atom stereocenters. The zero-order valence-corrected chi connectivity index (χ0v) is 21.3. The van der Waals surface area contributed by atoms with Gasteiger partial charge in [-0.2, -0.15) is 0 Å². The number of hydrogen-bond acceptors (Lipinski definition) is 4. The molecule has 7 heteroatoms. The van der Waals surface area contributed by atoms with E-state index in [0.29, 0.717) is 27.2 Å². The second-order valence-electron chi connectivity index (χ2n) is 9.33. The van der Waals surface area contributed by atoms with E-state index in [-0.39, 0.29) is 18.4 Å². The monoisotopic (exact) mass is 538 g/mol. The first-order valence-corrected chi connectivity index (χ1v) is 13.1. The smallest absolute Gasteiger partial charge is 0.138 e. The van der Waals surface area contributed by atoms with Crippen molar-refractivity contribution in [3.8, 4) is 5.75 Å². The molecule has 180 valence electrons. The molecule has 0 bridgehead atoms. The molecule has 0 aromatic heterocycles. The molecule has 1 aromatic rings. The van der Waals surface area contributed by atoms with E-state index in [4.69, 9.17) is 16.3 Å². The fourth-order valence-electron chi connectivity index (χ4n) is 5.08. The number of nitrogens with one attached hydrogen (secondary N) is 1. The van der Waals surface area contributed by atoms with Crippen LogP contribution in [0.5, 0.6) is 5.75 Å². The highest BCUT2D eigenvalue weighted by Gasteiger charge is 2.40. The van der Waals surface area contributed by atoms with Gasteiger partial charge in [0.1, 0.15) is 18.2 Å². The number of piperazine rings is 1. The Kier molecular flexibility index (Phi) is 8.69. The Balaban J connectivity index is 1.51. The van der Waals surface area contributed by atoms with Gasteiger partial charge in [-0.1, -0.05) is 65.0 Å². The molecule has 0 spiro atoms. The molecule has 1 heterocycles. The molecular formula is C26H33BrClFN2O2. The second kappa shape index (κ2) is 11.5. The van der Waals surface area contributed by atoms with Crippen molar-refractivity contribution in [2.24, 2.45) is 0 Å². The molecule has 1 aromatic carbocycles. The number of hydrogen-bond donors (Lipinski definition) is 2. The van der Waals surface area contributed by atoms with E-state index in [1.54, 1.807) is 0 Å². The van der Waals surface area contributed by atoms with Crippen molar-refractivity contribution in [3.05, 3.63) is 62.9 Å². The van der Waals surface area contributed by atoms with E-state index in [1.165, 1.54) is 12.5 Å². The fourth-order valence-corrected chi connectivity index (χ4v) is 5.71. The van der Waals surface area contributed by atoms with Crippen LogP contribution in [0, 0.1) is 0 Å². The number of aliphatic hydroxyl groups is 1. The molecule has 2 fully saturated rings. The summed E-state index contributed by atoms with van der Waals surface area (Å²) in [7, 11) is 0. The van der Waals surface area contributed by atoms with Crippen LogP contribution in [-0.4, -0.2) is 54.9 Å². The van der Waals surface area contributed by atoms with Crippen LogP contribution in [0.3, 0.4) is 0 Å². The lowest BCUT2D eigenvalue weighted by molar-refractivity contribution is -0.0316. The van der Waals surface area contributed by atoms with Crippen molar-refractivity contribution >= 4 is 27.5 Å². The highest BCUT2D eigenvalue weighted by Crippen LogP contribution is 2.42. The van der Waals surface area contributed by atoms with Gasteiger partial charge in [0, 0.05) is 48.7 Å². The van der Waals surface area contributed by atoms with E-state index in [0.717, 1.165) is 64.0 Å². The van der Waals surface area contributed by atoms with E-state index in [1.807, 2.05) is 30.4 Å². The number of nitrogens with zero attached hydrogens (tertiary/aromatic N) is 1. The summed E-state index contributed by atoms with van der Waals surface area (Å²) in [5, 5.41) is 15.5. The summed E-state index contributed by atoms with van der Waals surface area (Å²) in [5.41, 5.74) is 0.911. The Morgan fingerprint density at radius 1 is 1.21 bits per heavy atom. The highest BCUT2D eigenvalue weighted by molar-refractivity contribution is 9.11. The molecule has 1 atom stereocenters. The minimum absolute atomic E-state index is 0.00270. The maximum atomic E-state index is 14.4. The Morgan fingerprint density at radius 3 is 2.70 bits per heavy atom. The predicted octanol–water partition coefficient (Wildman–Crippen LogP) is 5.87. The van der Waals surface area contributed by atoms with Crippen molar-refractivity contribution in [2.45, 2.75) is 50.0 Å². The van der Waals surface area contributed by atoms with Crippen molar-refractivity contribution in [2.75, 3.05) is 39.3 Å². The van der Waals surface area contributed by atoms with Crippen molar-refractivity contribution < 1.29 is 14.2 Å².